The van der Waals surface area contributed by atoms with Crippen molar-refractivity contribution in [1.82, 2.24) is 15.5 Å². The van der Waals surface area contributed by atoms with E-state index < -0.39 is 35.6 Å². The lowest BCUT2D eigenvalue weighted by Crippen LogP contribution is -2.54. The van der Waals surface area contributed by atoms with Crippen molar-refractivity contribution < 1.29 is 29.3 Å². The number of benzene rings is 3. The smallest absolute Gasteiger partial charge is 0.408 e. The van der Waals surface area contributed by atoms with Crippen LogP contribution in [0.25, 0.3) is 0 Å². The van der Waals surface area contributed by atoms with Crippen LogP contribution in [-0.2, 0) is 27.3 Å². The Morgan fingerprint density at radius 1 is 0.907 bits per heavy atom. The number of unbranched alkanes of at least 4 members (excludes halogenated alkanes) is 1. The molecule has 0 aliphatic carbocycles. The molecule has 0 aliphatic rings. The van der Waals surface area contributed by atoms with Crippen LogP contribution in [0.5, 0.6) is 11.5 Å². The lowest BCUT2D eigenvalue weighted by atomic mass is 9.97. The van der Waals surface area contributed by atoms with Gasteiger partial charge in [0, 0.05) is 25.1 Å². The van der Waals surface area contributed by atoms with Crippen LogP contribution in [-0.4, -0.2) is 51.2 Å². The minimum absolute atomic E-state index is 0.0707. The fraction of sp³-hybridized carbons (Fsp3) is 0.382. The number of hydrogen-bond donors (Lipinski definition) is 4. The van der Waals surface area contributed by atoms with Gasteiger partial charge in [0.1, 0.15) is 29.2 Å². The summed E-state index contributed by atoms with van der Waals surface area (Å²) in [5.74, 6) is -0.976. The van der Waals surface area contributed by atoms with Gasteiger partial charge in [0.2, 0.25) is 11.8 Å². The Morgan fingerprint density at radius 3 is 2.21 bits per heavy atom. The molecule has 2 atom stereocenters. The number of carbonyl (C=O) groups is 3. The first-order valence-electron chi connectivity index (χ1n) is 14.6. The topological polar surface area (TPSA) is 128 Å². The maximum atomic E-state index is 14.5. The van der Waals surface area contributed by atoms with Gasteiger partial charge in [0.15, 0.2) is 0 Å². The number of phenols is 2. The Kier molecular flexibility index (Phi) is 11.6. The molecule has 230 valence electrons. The first-order chi connectivity index (χ1) is 20.4. The first kappa shape index (κ1) is 33.0. The lowest BCUT2D eigenvalue weighted by molar-refractivity contribution is -0.142. The number of nitrogens with zero attached hydrogens (tertiary/aromatic N) is 1. The molecule has 0 saturated carbocycles. The van der Waals surface area contributed by atoms with Crippen molar-refractivity contribution in [2.45, 2.75) is 78.1 Å². The maximum absolute atomic E-state index is 14.5. The lowest BCUT2D eigenvalue weighted by Gasteiger charge is -2.35. The van der Waals surface area contributed by atoms with Gasteiger partial charge >= 0.3 is 6.09 Å². The summed E-state index contributed by atoms with van der Waals surface area (Å²) in [6.07, 6.45) is 0.631. The molecule has 0 radical (unpaired) electrons. The number of alkyl carbamates (subject to hydrolysis) is 1. The Balaban J connectivity index is 2.05. The zero-order valence-electron chi connectivity index (χ0n) is 25.6. The Bertz CT molecular complexity index is 1370. The van der Waals surface area contributed by atoms with Gasteiger partial charge in [-0.1, -0.05) is 74.0 Å². The van der Waals surface area contributed by atoms with Crippen LogP contribution < -0.4 is 10.6 Å². The SMILES string of the molecule is CCCCN(C(=O)C(Cc1ccc(O)cc1)NC(=O)OC(C)(C)C)C(C(=O)NCc1ccccc1)c1cccc(C)c1O. The normalized spacial score (nSPS) is 12.6. The van der Waals surface area contributed by atoms with Gasteiger partial charge in [-0.05, 0) is 62.9 Å². The molecule has 3 aromatic rings. The Labute approximate surface area is 253 Å². The summed E-state index contributed by atoms with van der Waals surface area (Å²) < 4.78 is 5.47. The number of ether oxygens (including phenoxy) is 1. The Hall–Kier alpha value is -4.53. The molecule has 0 bridgehead atoms. The fourth-order valence-electron chi connectivity index (χ4n) is 4.65. The predicted molar refractivity (Wildman–Crippen MR) is 165 cm³/mol. The van der Waals surface area contributed by atoms with Crippen LogP contribution in [0.3, 0.4) is 0 Å². The van der Waals surface area contributed by atoms with Gasteiger partial charge in [0.25, 0.3) is 0 Å². The molecule has 2 unspecified atom stereocenters. The molecule has 0 heterocycles. The number of aromatic hydroxyl groups is 2. The number of amides is 3. The molecule has 4 N–H and O–H groups in total. The van der Waals surface area contributed by atoms with E-state index in [-0.39, 0.29) is 36.6 Å². The second-order valence-corrected chi connectivity index (χ2v) is 11.6. The van der Waals surface area contributed by atoms with Gasteiger partial charge in [-0.3, -0.25) is 9.59 Å². The standard InChI is InChI=1S/C34H43N3O6/c1-6-7-20-37(32(41)28(36-33(42)43-34(3,4)5)21-24-16-18-26(38)19-17-24)29(27-15-11-12-23(2)30(27)39)31(40)35-22-25-13-9-8-10-14-25/h8-19,28-29,38-39H,6-7,20-22H2,1-5H3,(H,35,40)(H,36,42). The second kappa shape index (κ2) is 15.1. The molecule has 0 spiro atoms. The van der Waals surface area contributed by atoms with Crippen LogP contribution in [0.1, 0.15) is 68.8 Å². The number of rotatable bonds is 12. The molecule has 0 fully saturated rings. The number of aryl methyl sites for hydroxylation is 1. The third kappa shape index (κ3) is 9.77. The van der Waals surface area contributed by atoms with Gasteiger partial charge in [-0.2, -0.15) is 0 Å². The molecule has 3 amide bonds. The molecule has 43 heavy (non-hydrogen) atoms. The largest absolute Gasteiger partial charge is 0.508 e. The predicted octanol–water partition coefficient (Wildman–Crippen LogP) is 5.53. The van der Waals surface area contributed by atoms with E-state index >= 15 is 0 Å². The summed E-state index contributed by atoms with van der Waals surface area (Å²) in [4.78, 5) is 42.8. The minimum Gasteiger partial charge on any atom is -0.508 e. The van der Waals surface area contributed by atoms with Crippen molar-refractivity contribution in [3.05, 3.63) is 95.1 Å². The van der Waals surface area contributed by atoms with Crippen LogP contribution in [0, 0.1) is 6.92 Å². The van der Waals surface area contributed by atoms with Gasteiger partial charge in [-0.25, -0.2) is 4.79 Å². The Morgan fingerprint density at radius 2 is 1.58 bits per heavy atom. The van der Waals surface area contributed by atoms with E-state index in [9.17, 15) is 24.6 Å². The van der Waals surface area contributed by atoms with E-state index in [0.29, 0.717) is 17.5 Å². The highest BCUT2D eigenvalue weighted by Gasteiger charge is 2.37. The third-order valence-corrected chi connectivity index (χ3v) is 6.83. The van der Waals surface area contributed by atoms with Crippen LogP contribution in [0.15, 0.2) is 72.8 Å². The van der Waals surface area contributed by atoms with Crippen LogP contribution >= 0.6 is 0 Å². The van der Waals surface area contributed by atoms with Crippen molar-refractivity contribution in [3.63, 3.8) is 0 Å². The summed E-state index contributed by atoms with van der Waals surface area (Å²) in [6, 6.07) is 18.6. The average Bonchev–Trinajstić information content (AvgIpc) is 2.96. The highest BCUT2D eigenvalue weighted by atomic mass is 16.6. The minimum atomic E-state index is -1.18. The maximum Gasteiger partial charge on any atom is 0.408 e. The molecule has 3 rings (SSSR count). The van der Waals surface area contributed by atoms with Crippen LogP contribution in [0.4, 0.5) is 4.79 Å². The molecular weight excluding hydrogens is 546 g/mol. The van der Waals surface area contributed by atoms with Crippen molar-refractivity contribution in [2.75, 3.05) is 6.54 Å². The van der Waals surface area contributed by atoms with Crippen molar-refractivity contribution in [1.29, 1.82) is 0 Å². The highest BCUT2D eigenvalue weighted by Crippen LogP contribution is 2.33. The molecular formula is C34H43N3O6. The van der Waals surface area contributed by atoms with Crippen molar-refractivity contribution in [3.8, 4) is 11.5 Å². The number of para-hydroxylation sites is 1. The second-order valence-electron chi connectivity index (χ2n) is 11.6. The van der Waals surface area contributed by atoms with E-state index in [2.05, 4.69) is 10.6 Å². The van der Waals surface area contributed by atoms with E-state index in [4.69, 9.17) is 4.74 Å². The van der Waals surface area contributed by atoms with Crippen molar-refractivity contribution in [2.24, 2.45) is 0 Å². The summed E-state index contributed by atoms with van der Waals surface area (Å²) in [7, 11) is 0. The van der Waals surface area contributed by atoms with Gasteiger partial charge in [-0.15, -0.1) is 0 Å². The molecule has 0 aliphatic heterocycles. The number of carbonyl (C=O) groups excluding carboxylic acids is 3. The van der Waals surface area contributed by atoms with Crippen LogP contribution in [0.2, 0.25) is 0 Å². The zero-order valence-corrected chi connectivity index (χ0v) is 25.6. The average molecular weight is 590 g/mol. The first-order valence-corrected chi connectivity index (χ1v) is 14.6. The van der Waals surface area contributed by atoms with Gasteiger partial charge in [0.05, 0.1) is 0 Å². The molecule has 3 aromatic carbocycles. The monoisotopic (exact) mass is 589 g/mol. The molecule has 9 heteroatoms. The number of nitrogens with one attached hydrogen (secondary N) is 2. The molecule has 0 aromatic heterocycles. The van der Waals surface area contributed by atoms with E-state index in [0.717, 1.165) is 12.0 Å². The highest BCUT2D eigenvalue weighted by molar-refractivity contribution is 5.92. The van der Waals surface area contributed by atoms with E-state index in [1.807, 2.05) is 37.3 Å². The van der Waals surface area contributed by atoms with E-state index in [1.54, 1.807) is 58.0 Å². The summed E-state index contributed by atoms with van der Waals surface area (Å²) in [5.41, 5.74) is 1.62. The third-order valence-electron chi connectivity index (χ3n) is 6.83. The molecule has 9 nitrogen and oxygen atoms in total. The van der Waals surface area contributed by atoms with Crippen molar-refractivity contribution >= 4 is 17.9 Å². The quantitative estimate of drug-likeness (QED) is 0.220. The zero-order chi connectivity index (χ0) is 31.6. The molecule has 0 saturated heterocycles. The number of phenolic OH excluding ortho intramolecular Hbond substituents is 2. The summed E-state index contributed by atoms with van der Waals surface area (Å²) in [5, 5.41) is 26.5. The summed E-state index contributed by atoms with van der Waals surface area (Å²) in [6.45, 7) is 9.32. The fourth-order valence-corrected chi connectivity index (χ4v) is 4.65. The van der Waals surface area contributed by atoms with E-state index in [1.165, 1.54) is 17.0 Å². The van der Waals surface area contributed by atoms with Gasteiger partial charge < -0.3 is 30.5 Å². The number of hydrogen-bond acceptors (Lipinski definition) is 6. The summed E-state index contributed by atoms with van der Waals surface area (Å²) >= 11 is 0.